The Morgan fingerprint density at radius 3 is 2.38 bits per heavy atom. The Labute approximate surface area is 96.6 Å². The van der Waals surface area contributed by atoms with Crippen LogP contribution >= 0.6 is 0 Å². The normalized spacial score (nSPS) is 14.5. The summed E-state index contributed by atoms with van der Waals surface area (Å²) in [6.07, 6.45) is 0.426. The molecule has 0 saturated carbocycles. The highest BCUT2D eigenvalue weighted by Gasteiger charge is 2.25. The molecule has 0 N–H and O–H groups in total. The van der Waals surface area contributed by atoms with E-state index in [2.05, 4.69) is 39.8 Å². The fraction of sp³-hybridized carbons (Fsp3) is 0.500. The number of carbonyl (C=O) groups excluding carboxylic acids is 1. The van der Waals surface area contributed by atoms with Crippen LogP contribution in [-0.4, -0.2) is 5.97 Å². The molecule has 1 aliphatic rings. The molecule has 0 saturated heterocycles. The molecule has 0 aliphatic carbocycles. The van der Waals surface area contributed by atoms with Gasteiger partial charge in [-0.1, -0.05) is 39.8 Å². The first-order valence-electron chi connectivity index (χ1n) is 5.86. The molecule has 16 heavy (non-hydrogen) atoms. The van der Waals surface area contributed by atoms with E-state index in [0.717, 1.165) is 16.9 Å². The van der Waals surface area contributed by atoms with E-state index in [4.69, 9.17) is 4.74 Å². The van der Waals surface area contributed by atoms with Gasteiger partial charge in [0, 0.05) is 5.56 Å². The number of fused-ring (bicyclic) bond motifs is 1. The number of carbonyl (C=O) groups is 1. The quantitative estimate of drug-likeness (QED) is 0.561. The Morgan fingerprint density at radius 1 is 1.12 bits per heavy atom. The van der Waals surface area contributed by atoms with Crippen LogP contribution in [0.4, 0.5) is 0 Å². The zero-order valence-corrected chi connectivity index (χ0v) is 10.3. The van der Waals surface area contributed by atoms with Gasteiger partial charge in [-0.05, 0) is 23.0 Å². The number of rotatable bonds is 2. The molecule has 0 fully saturated rings. The second kappa shape index (κ2) is 3.93. The molecule has 86 valence electrons. The summed E-state index contributed by atoms with van der Waals surface area (Å²) < 4.78 is 5.30. The van der Waals surface area contributed by atoms with E-state index in [-0.39, 0.29) is 5.97 Å². The van der Waals surface area contributed by atoms with Crippen LogP contribution in [0.25, 0.3) is 0 Å². The lowest BCUT2D eigenvalue weighted by Crippen LogP contribution is -2.01. The van der Waals surface area contributed by atoms with Crippen LogP contribution in [0, 0.1) is 0 Å². The summed E-state index contributed by atoms with van der Waals surface area (Å²) in [5, 5.41) is 0. The minimum Gasteiger partial charge on any atom is -0.426 e. The second-order valence-corrected chi connectivity index (χ2v) is 5.06. The smallest absolute Gasteiger partial charge is 0.315 e. The first kappa shape index (κ1) is 11.2. The van der Waals surface area contributed by atoms with Crippen LogP contribution < -0.4 is 4.74 Å². The van der Waals surface area contributed by atoms with E-state index in [1.165, 1.54) is 5.56 Å². The fourth-order valence-electron chi connectivity index (χ4n) is 2.06. The van der Waals surface area contributed by atoms with E-state index in [0.29, 0.717) is 18.3 Å². The van der Waals surface area contributed by atoms with Gasteiger partial charge in [0.05, 0.1) is 6.42 Å². The molecule has 1 aliphatic heterocycles. The molecule has 2 nitrogen and oxygen atoms in total. The molecule has 2 heteroatoms. The molecule has 0 atom stereocenters. The van der Waals surface area contributed by atoms with Crippen molar-refractivity contribution in [3.8, 4) is 5.75 Å². The lowest BCUT2D eigenvalue weighted by Gasteiger charge is -2.14. The van der Waals surface area contributed by atoms with Gasteiger partial charge >= 0.3 is 5.97 Å². The molecule has 1 aromatic carbocycles. The van der Waals surface area contributed by atoms with Gasteiger partial charge in [-0.25, -0.2) is 0 Å². The third kappa shape index (κ3) is 1.84. The van der Waals surface area contributed by atoms with E-state index in [9.17, 15) is 4.79 Å². The molecule has 1 aromatic rings. The zero-order valence-electron chi connectivity index (χ0n) is 10.3. The van der Waals surface area contributed by atoms with Gasteiger partial charge in [0.15, 0.2) is 0 Å². The van der Waals surface area contributed by atoms with Crippen LogP contribution in [0.2, 0.25) is 0 Å². The van der Waals surface area contributed by atoms with Gasteiger partial charge < -0.3 is 4.74 Å². The number of benzene rings is 1. The van der Waals surface area contributed by atoms with Gasteiger partial charge in [0.1, 0.15) is 5.75 Å². The minimum absolute atomic E-state index is 0.127. The molecular weight excluding hydrogens is 200 g/mol. The van der Waals surface area contributed by atoms with Gasteiger partial charge in [-0.3, -0.25) is 4.79 Å². The van der Waals surface area contributed by atoms with Gasteiger partial charge in [-0.15, -0.1) is 0 Å². The topological polar surface area (TPSA) is 26.3 Å². The molecule has 0 spiro atoms. The first-order chi connectivity index (χ1) is 7.49. The highest BCUT2D eigenvalue weighted by Crippen LogP contribution is 2.37. The predicted octanol–water partition coefficient (Wildman–Crippen LogP) is 3.39. The van der Waals surface area contributed by atoms with Crippen molar-refractivity contribution in [3.05, 3.63) is 28.8 Å². The van der Waals surface area contributed by atoms with Crippen molar-refractivity contribution in [1.82, 2.24) is 0 Å². The van der Waals surface area contributed by atoms with Gasteiger partial charge in [0.25, 0.3) is 0 Å². The fourth-order valence-corrected chi connectivity index (χ4v) is 2.06. The number of hydrogen-bond acceptors (Lipinski definition) is 2. The molecule has 0 amide bonds. The summed E-state index contributed by atoms with van der Waals surface area (Å²) in [5.74, 6) is 1.55. The largest absolute Gasteiger partial charge is 0.426 e. The van der Waals surface area contributed by atoms with Crippen molar-refractivity contribution in [3.63, 3.8) is 0 Å². The van der Waals surface area contributed by atoms with Crippen molar-refractivity contribution in [2.45, 2.75) is 46.0 Å². The lowest BCUT2D eigenvalue weighted by molar-refractivity contribution is -0.131. The van der Waals surface area contributed by atoms with E-state index in [1.54, 1.807) is 0 Å². The van der Waals surface area contributed by atoms with Crippen molar-refractivity contribution in [1.29, 1.82) is 0 Å². The van der Waals surface area contributed by atoms with E-state index >= 15 is 0 Å². The number of esters is 1. The maximum atomic E-state index is 11.3. The third-order valence-electron chi connectivity index (χ3n) is 3.06. The third-order valence-corrected chi connectivity index (χ3v) is 3.06. The minimum atomic E-state index is -0.127. The monoisotopic (exact) mass is 218 g/mol. The Hall–Kier alpha value is -1.31. The van der Waals surface area contributed by atoms with Crippen LogP contribution in [0.15, 0.2) is 12.1 Å². The summed E-state index contributed by atoms with van der Waals surface area (Å²) in [6, 6.07) is 4.28. The van der Waals surface area contributed by atoms with Crippen LogP contribution in [-0.2, 0) is 11.2 Å². The lowest BCUT2D eigenvalue weighted by atomic mass is 9.92. The molecule has 2 rings (SSSR count). The molecule has 0 bridgehead atoms. The molecule has 0 radical (unpaired) electrons. The van der Waals surface area contributed by atoms with Gasteiger partial charge in [0.2, 0.25) is 0 Å². The van der Waals surface area contributed by atoms with Crippen LogP contribution in [0.1, 0.15) is 56.2 Å². The van der Waals surface area contributed by atoms with Crippen molar-refractivity contribution in [2.75, 3.05) is 0 Å². The summed E-state index contributed by atoms with van der Waals surface area (Å²) in [6.45, 7) is 8.60. The van der Waals surface area contributed by atoms with Crippen LogP contribution in [0.3, 0.4) is 0 Å². The molecular formula is C14H18O2. The summed E-state index contributed by atoms with van der Waals surface area (Å²) >= 11 is 0. The Balaban J connectivity index is 2.56. The number of hydrogen-bond donors (Lipinski definition) is 0. The number of ether oxygens (including phenoxy) is 1. The molecule has 0 unspecified atom stereocenters. The van der Waals surface area contributed by atoms with Crippen molar-refractivity contribution in [2.24, 2.45) is 0 Å². The maximum Gasteiger partial charge on any atom is 0.315 e. The highest BCUT2D eigenvalue weighted by molar-refractivity contribution is 5.82. The van der Waals surface area contributed by atoms with Crippen molar-refractivity contribution < 1.29 is 9.53 Å². The summed E-state index contributed by atoms with van der Waals surface area (Å²) in [5.41, 5.74) is 3.51. The SMILES string of the molecule is CC(C)c1cc2c(c(C(C)C)c1)OC(=O)C2. The van der Waals surface area contributed by atoms with E-state index in [1.807, 2.05) is 0 Å². The second-order valence-electron chi connectivity index (χ2n) is 5.06. The highest BCUT2D eigenvalue weighted by atomic mass is 16.5. The van der Waals surface area contributed by atoms with Crippen molar-refractivity contribution >= 4 is 5.97 Å². The molecule has 1 heterocycles. The van der Waals surface area contributed by atoms with Gasteiger partial charge in [-0.2, -0.15) is 0 Å². The first-order valence-corrected chi connectivity index (χ1v) is 5.86. The predicted molar refractivity (Wildman–Crippen MR) is 64.0 cm³/mol. The summed E-state index contributed by atoms with van der Waals surface area (Å²) in [4.78, 5) is 11.3. The Kier molecular flexibility index (Phi) is 2.75. The standard InChI is InChI=1S/C14H18O2/c1-8(2)10-5-11-7-13(15)16-14(11)12(6-10)9(3)4/h5-6,8-9H,7H2,1-4H3. The summed E-state index contributed by atoms with van der Waals surface area (Å²) in [7, 11) is 0. The van der Waals surface area contributed by atoms with Crippen LogP contribution in [0.5, 0.6) is 5.75 Å². The Morgan fingerprint density at radius 2 is 1.81 bits per heavy atom. The maximum absolute atomic E-state index is 11.3. The Bertz CT molecular complexity index is 431. The average Bonchev–Trinajstić information content (AvgIpc) is 2.55. The zero-order chi connectivity index (χ0) is 11.9. The van der Waals surface area contributed by atoms with E-state index < -0.39 is 0 Å². The average molecular weight is 218 g/mol. The molecule has 0 aromatic heterocycles.